The second-order valence-electron chi connectivity index (χ2n) is 7.35. The molecule has 0 aliphatic rings. The van der Waals surface area contributed by atoms with Crippen molar-refractivity contribution >= 4 is 16.8 Å². The van der Waals surface area contributed by atoms with Gasteiger partial charge in [0.25, 0.3) is 0 Å². The standard InChI is InChI=1S/C24H24N4O2/c1-17-12-23(27-22-7-6-18(13-21(17)22)14-24(25)29)19-4-2-5-20(15-19)30-11-3-9-28-10-8-26-16-28/h2,4-8,10,12-13,15-16H,3,9,11,14H2,1H3,(H2,25,29). The predicted molar refractivity (Wildman–Crippen MR) is 117 cm³/mol. The zero-order chi connectivity index (χ0) is 20.9. The molecule has 4 rings (SSSR count). The van der Waals surface area contributed by atoms with E-state index < -0.39 is 0 Å². The summed E-state index contributed by atoms with van der Waals surface area (Å²) in [6.07, 6.45) is 6.68. The number of ether oxygens (including phenoxy) is 1. The number of aryl methyl sites for hydroxylation is 2. The van der Waals surface area contributed by atoms with Crippen molar-refractivity contribution in [2.75, 3.05) is 6.61 Å². The number of benzene rings is 2. The first-order valence-corrected chi connectivity index (χ1v) is 9.96. The SMILES string of the molecule is Cc1cc(-c2cccc(OCCCn3ccnc3)c2)nc2ccc(CC(N)=O)cc12. The molecule has 0 aliphatic carbocycles. The van der Waals surface area contributed by atoms with Gasteiger partial charge in [0.1, 0.15) is 5.75 Å². The summed E-state index contributed by atoms with van der Waals surface area (Å²) in [6, 6.07) is 15.9. The fraction of sp³-hybridized carbons (Fsp3) is 0.208. The number of primary amides is 1. The fourth-order valence-corrected chi connectivity index (χ4v) is 3.50. The number of imidazole rings is 1. The molecule has 0 spiro atoms. The summed E-state index contributed by atoms with van der Waals surface area (Å²) in [6.45, 7) is 3.56. The maximum atomic E-state index is 11.2. The van der Waals surface area contributed by atoms with E-state index >= 15 is 0 Å². The third-order valence-corrected chi connectivity index (χ3v) is 4.98. The zero-order valence-electron chi connectivity index (χ0n) is 16.9. The molecule has 1 amide bonds. The number of hydrogen-bond donors (Lipinski definition) is 1. The number of nitrogens with zero attached hydrogens (tertiary/aromatic N) is 3. The molecular formula is C24H24N4O2. The summed E-state index contributed by atoms with van der Waals surface area (Å²) in [5.41, 5.74) is 10.1. The van der Waals surface area contributed by atoms with Crippen molar-refractivity contribution < 1.29 is 9.53 Å². The van der Waals surface area contributed by atoms with E-state index in [0.29, 0.717) is 6.61 Å². The number of aromatic nitrogens is 3. The van der Waals surface area contributed by atoms with Crippen LogP contribution in [0.3, 0.4) is 0 Å². The molecule has 0 atom stereocenters. The van der Waals surface area contributed by atoms with Crippen molar-refractivity contribution in [2.45, 2.75) is 26.3 Å². The van der Waals surface area contributed by atoms with Crippen LogP contribution in [0.15, 0.2) is 67.3 Å². The van der Waals surface area contributed by atoms with Crippen LogP contribution in [0.5, 0.6) is 5.75 Å². The molecule has 2 heterocycles. The molecule has 0 unspecified atom stereocenters. The van der Waals surface area contributed by atoms with Gasteiger partial charge in [-0.05, 0) is 54.8 Å². The quantitative estimate of drug-likeness (QED) is 0.455. The Labute approximate surface area is 175 Å². The van der Waals surface area contributed by atoms with Gasteiger partial charge in [-0.15, -0.1) is 0 Å². The number of amides is 1. The van der Waals surface area contributed by atoms with Crippen LogP contribution in [-0.4, -0.2) is 27.0 Å². The highest BCUT2D eigenvalue weighted by atomic mass is 16.5. The van der Waals surface area contributed by atoms with Gasteiger partial charge in [0.05, 0.1) is 30.6 Å². The average molecular weight is 400 g/mol. The van der Waals surface area contributed by atoms with Gasteiger partial charge < -0.3 is 15.0 Å². The van der Waals surface area contributed by atoms with E-state index in [2.05, 4.69) is 18.0 Å². The van der Waals surface area contributed by atoms with E-state index in [0.717, 1.165) is 52.0 Å². The number of pyridine rings is 1. The Hall–Kier alpha value is -3.67. The molecule has 2 aromatic heterocycles. The van der Waals surface area contributed by atoms with Crippen LogP contribution in [0.25, 0.3) is 22.2 Å². The van der Waals surface area contributed by atoms with Crippen molar-refractivity contribution in [1.82, 2.24) is 14.5 Å². The van der Waals surface area contributed by atoms with Gasteiger partial charge >= 0.3 is 0 Å². The molecule has 0 radical (unpaired) electrons. The maximum absolute atomic E-state index is 11.2. The maximum Gasteiger partial charge on any atom is 0.221 e. The molecule has 0 bridgehead atoms. The normalized spacial score (nSPS) is 11.0. The van der Waals surface area contributed by atoms with Crippen molar-refractivity contribution in [1.29, 1.82) is 0 Å². The van der Waals surface area contributed by atoms with Crippen LogP contribution in [0.1, 0.15) is 17.5 Å². The number of carbonyl (C=O) groups excluding carboxylic acids is 1. The van der Waals surface area contributed by atoms with Crippen LogP contribution in [0, 0.1) is 6.92 Å². The molecule has 0 saturated heterocycles. The minimum absolute atomic E-state index is 0.233. The van der Waals surface area contributed by atoms with Crippen LogP contribution in [0.2, 0.25) is 0 Å². The summed E-state index contributed by atoms with van der Waals surface area (Å²) >= 11 is 0. The Morgan fingerprint density at radius 2 is 2.07 bits per heavy atom. The van der Waals surface area contributed by atoms with Crippen LogP contribution >= 0.6 is 0 Å². The molecular weight excluding hydrogens is 376 g/mol. The molecule has 6 heteroatoms. The van der Waals surface area contributed by atoms with E-state index in [9.17, 15) is 4.79 Å². The number of rotatable bonds is 8. The molecule has 0 saturated carbocycles. The Morgan fingerprint density at radius 3 is 2.87 bits per heavy atom. The van der Waals surface area contributed by atoms with Gasteiger partial charge in [0.15, 0.2) is 0 Å². The minimum Gasteiger partial charge on any atom is -0.494 e. The molecule has 0 aliphatic heterocycles. The summed E-state index contributed by atoms with van der Waals surface area (Å²) in [4.78, 5) is 20.1. The first-order chi connectivity index (χ1) is 14.6. The summed E-state index contributed by atoms with van der Waals surface area (Å²) in [5.74, 6) is 0.493. The Bertz CT molecular complexity index is 1170. The van der Waals surface area contributed by atoms with Crippen LogP contribution in [0.4, 0.5) is 0 Å². The molecule has 0 fully saturated rings. The highest BCUT2D eigenvalue weighted by Crippen LogP contribution is 2.27. The second-order valence-corrected chi connectivity index (χ2v) is 7.35. The van der Waals surface area contributed by atoms with Crippen LogP contribution in [-0.2, 0) is 17.8 Å². The number of hydrogen-bond acceptors (Lipinski definition) is 4. The Kier molecular flexibility index (Phi) is 5.75. The molecule has 4 aromatic rings. The number of fused-ring (bicyclic) bond motifs is 1. The zero-order valence-corrected chi connectivity index (χ0v) is 16.9. The van der Waals surface area contributed by atoms with Gasteiger partial charge in [0.2, 0.25) is 5.91 Å². The lowest BCUT2D eigenvalue weighted by molar-refractivity contribution is -0.117. The lowest BCUT2D eigenvalue weighted by Gasteiger charge is -2.11. The highest BCUT2D eigenvalue weighted by molar-refractivity contribution is 5.87. The fourth-order valence-electron chi connectivity index (χ4n) is 3.50. The van der Waals surface area contributed by atoms with Crippen LogP contribution < -0.4 is 10.5 Å². The monoisotopic (exact) mass is 400 g/mol. The summed E-state index contributed by atoms with van der Waals surface area (Å²) in [7, 11) is 0. The average Bonchev–Trinajstić information content (AvgIpc) is 3.25. The van der Waals surface area contributed by atoms with E-state index in [1.165, 1.54) is 0 Å². The van der Waals surface area contributed by atoms with Crippen molar-refractivity contribution in [3.63, 3.8) is 0 Å². The minimum atomic E-state index is -0.335. The topological polar surface area (TPSA) is 83.0 Å². The molecule has 30 heavy (non-hydrogen) atoms. The summed E-state index contributed by atoms with van der Waals surface area (Å²) < 4.78 is 7.97. The second kappa shape index (κ2) is 8.78. The van der Waals surface area contributed by atoms with Gasteiger partial charge in [-0.3, -0.25) is 4.79 Å². The van der Waals surface area contributed by atoms with Gasteiger partial charge in [-0.2, -0.15) is 0 Å². The van der Waals surface area contributed by atoms with Crippen molar-refractivity contribution in [3.05, 3.63) is 78.4 Å². The van der Waals surface area contributed by atoms with Gasteiger partial charge in [-0.1, -0.05) is 18.2 Å². The third kappa shape index (κ3) is 4.66. The number of nitrogens with two attached hydrogens (primary N) is 1. The highest BCUT2D eigenvalue weighted by Gasteiger charge is 2.08. The summed E-state index contributed by atoms with van der Waals surface area (Å²) in [5, 5.41) is 1.03. The Balaban J connectivity index is 1.50. The molecule has 152 valence electrons. The van der Waals surface area contributed by atoms with Gasteiger partial charge in [0, 0.05) is 29.9 Å². The number of carbonyl (C=O) groups is 1. The van der Waals surface area contributed by atoms with E-state index in [1.54, 1.807) is 6.20 Å². The van der Waals surface area contributed by atoms with E-state index in [-0.39, 0.29) is 12.3 Å². The van der Waals surface area contributed by atoms with Gasteiger partial charge in [-0.25, -0.2) is 9.97 Å². The lowest BCUT2D eigenvalue weighted by atomic mass is 10.0. The molecule has 2 N–H and O–H groups in total. The molecule has 6 nitrogen and oxygen atoms in total. The van der Waals surface area contributed by atoms with E-state index in [1.807, 2.05) is 59.6 Å². The molecule has 2 aromatic carbocycles. The predicted octanol–water partition coefficient (Wildman–Crippen LogP) is 3.90. The first-order valence-electron chi connectivity index (χ1n) is 9.96. The first kappa shape index (κ1) is 19.6. The lowest BCUT2D eigenvalue weighted by Crippen LogP contribution is -2.13. The third-order valence-electron chi connectivity index (χ3n) is 4.98. The smallest absolute Gasteiger partial charge is 0.221 e. The van der Waals surface area contributed by atoms with Crippen molar-refractivity contribution in [2.24, 2.45) is 5.73 Å². The Morgan fingerprint density at radius 1 is 1.17 bits per heavy atom. The van der Waals surface area contributed by atoms with E-state index in [4.69, 9.17) is 15.5 Å². The largest absolute Gasteiger partial charge is 0.494 e. The van der Waals surface area contributed by atoms with Crippen molar-refractivity contribution in [3.8, 4) is 17.0 Å².